The molecule has 0 heterocycles. The third-order valence-corrected chi connectivity index (χ3v) is 2.66. The van der Waals surface area contributed by atoms with Crippen LogP contribution in [0.5, 0.6) is 0 Å². The summed E-state index contributed by atoms with van der Waals surface area (Å²) in [4.78, 5) is 11.5. The molecule has 0 bridgehead atoms. The van der Waals surface area contributed by atoms with Gasteiger partial charge in [-0.05, 0) is 31.0 Å². The lowest BCUT2D eigenvalue weighted by Gasteiger charge is -2.18. The molecule has 0 aliphatic carbocycles. The Morgan fingerprint density at radius 2 is 1.94 bits per heavy atom. The van der Waals surface area contributed by atoms with Gasteiger partial charge in [0.15, 0.2) is 0 Å². The molecule has 3 nitrogen and oxygen atoms in total. The number of amides is 1. The molecule has 5 heteroatoms. The summed E-state index contributed by atoms with van der Waals surface area (Å²) in [5.41, 5.74) is 6.55. The second kappa shape index (κ2) is 7.54. The Kier molecular flexibility index (Phi) is 7.19. The van der Waals surface area contributed by atoms with Gasteiger partial charge in [-0.2, -0.15) is 0 Å². The lowest BCUT2D eigenvalue weighted by Crippen LogP contribution is -2.40. The number of benzene rings is 1. The van der Waals surface area contributed by atoms with Crippen LogP contribution in [-0.2, 0) is 4.79 Å². The Morgan fingerprint density at radius 3 is 2.35 bits per heavy atom. The summed E-state index contributed by atoms with van der Waals surface area (Å²) < 4.78 is 0. The van der Waals surface area contributed by atoms with Crippen LogP contribution >= 0.6 is 24.0 Å². The first-order valence-corrected chi connectivity index (χ1v) is 5.73. The van der Waals surface area contributed by atoms with Crippen LogP contribution in [0, 0.1) is 0 Å². The normalized spacial score (nSPS) is 13.4. The average Bonchev–Trinajstić information content (AvgIpc) is 2.26. The van der Waals surface area contributed by atoms with E-state index in [2.05, 4.69) is 5.32 Å². The number of hydrogen-bond donors (Lipinski definition) is 2. The highest BCUT2D eigenvalue weighted by Gasteiger charge is 2.14. The molecule has 17 heavy (non-hydrogen) atoms. The quantitative estimate of drug-likeness (QED) is 0.889. The van der Waals surface area contributed by atoms with Gasteiger partial charge in [0.05, 0.1) is 12.1 Å². The third-order valence-electron chi connectivity index (χ3n) is 2.41. The van der Waals surface area contributed by atoms with E-state index < -0.39 is 6.04 Å². The number of hydrogen-bond acceptors (Lipinski definition) is 2. The number of nitrogens with one attached hydrogen (secondary N) is 1. The van der Waals surface area contributed by atoms with Crippen molar-refractivity contribution in [2.75, 3.05) is 0 Å². The van der Waals surface area contributed by atoms with E-state index in [1.54, 1.807) is 6.92 Å². The predicted octanol–water partition coefficient (Wildman–Crippen LogP) is 2.68. The van der Waals surface area contributed by atoms with Crippen LogP contribution in [0.4, 0.5) is 0 Å². The summed E-state index contributed by atoms with van der Waals surface area (Å²) in [7, 11) is 0. The lowest BCUT2D eigenvalue weighted by atomic mass is 10.0. The molecule has 0 saturated carbocycles. The van der Waals surface area contributed by atoms with Crippen LogP contribution in [-0.4, -0.2) is 11.9 Å². The molecule has 0 aliphatic rings. The van der Waals surface area contributed by atoms with Gasteiger partial charge in [-0.15, -0.1) is 12.4 Å². The fourth-order valence-electron chi connectivity index (χ4n) is 1.42. The van der Waals surface area contributed by atoms with Gasteiger partial charge in [0, 0.05) is 5.02 Å². The molecule has 0 aliphatic heterocycles. The molecule has 0 saturated heterocycles. The summed E-state index contributed by atoms with van der Waals surface area (Å²) in [5, 5.41) is 3.59. The van der Waals surface area contributed by atoms with Gasteiger partial charge in [-0.1, -0.05) is 30.7 Å². The van der Waals surface area contributed by atoms with Gasteiger partial charge >= 0.3 is 0 Å². The number of carbonyl (C=O) groups excluding carboxylic acids is 1. The van der Waals surface area contributed by atoms with E-state index in [4.69, 9.17) is 17.3 Å². The SMILES string of the molecule is CCC(NC(=O)[C@@H](C)N)c1ccc(Cl)cc1.Cl. The predicted molar refractivity (Wildman–Crippen MR) is 73.5 cm³/mol. The smallest absolute Gasteiger partial charge is 0.237 e. The standard InChI is InChI=1S/C12H17ClN2O.ClH/c1-3-11(15-12(16)8(2)14)9-4-6-10(13)7-5-9;/h4-8,11H,3,14H2,1-2H3,(H,15,16);1H/t8-,11?;/m1./s1. The zero-order valence-electron chi connectivity index (χ0n) is 9.94. The molecule has 1 aromatic carbocycles. The summed E-state index contributed by atoms with van der Waals surface area (Å²) in [6, 6.07) is 6.97. The third kappa shape index (κ3) is 4.94. The van der Waals surface area contributed by atoms with E-state index in [-0.39, 0.29) is 24.4 Å². The Balaban J connectivity index is 0.00000256. The van der Waals surface area contributed by atoms with E-state index in [0.717, 1.165) is 12.0 Å². The highest BCUT2D eigenvalue weighted by atomic mass is 35.5. The molecule has 3 N–H and O–H groups in total. The lowest BCUT2D eigenvalue weighted by molar-refractivity contribution is -0.122. The van der Waals surface area contributed by atoms with Crippen LogP contribution in [0.2, 0.25) is 5.02 Å². The summed E-state index contributed by atoms with van der Waals surface area (Å²) in [6.07, 6.45) is 0.820. The molecule has 0 fully saturated rings. The fraction of sp³-hybridized carbons (Fsp3) is 0.417. The summed E-state index contributed by atoms with van der Waals surface area (Å²) >= 11 is 5.81. The molecule has 0 spiro atoms. The van der Waals surface area contributed by atoms with Crippen LogP contribution in [0.15, 0.2) is 24.3 Å². The van der Waals surface area contributed by atoms with Crippen molar-refractivity contribution in [3.8, 4) is 0 Å². The first-order valence-electron chi connectivity index (χ1n) is 5.36. The maximum atomic E-state index is 11.5. The molecule has 0 aromatic heterocycles. The van der Waals surface area contributed by atoms with Crippen LogP contribution in [0.3, 0.4) is 0 Å². The minimum absolute atomic E-state index is 0. The van der Waals surface area contributed by atoms with E-state index in [1.165, 1.54) is 0 Å². The molecule has 1 aromatic rings. The van der Waals surface area contributed by atoms with Crippen molar-refractivity contribution < 1.29 is 4.79 Å². The molecule has 1 rings (SSSR count). The van der Waals surface area contributed by atoms with Gasteiger partial charge in [-0.25, -0.2) is 0 Å². The van der Waals surface area contributed by atoms with Crippen LogP contribution in [0.1, 0.15) is 31.9 Å². The fourth-order valence-corrected chi connectivity index (χ4v) is 1.55. The van der Waals surface area contributed by atoms with Gasteiger partial charge < -0.3 is 11.1 Å². The first-order chi connectivity index (χ1) is 7.54. The zero-order chi connectivity index (χ0) is 12.1. The average molecular weight is 277 g/mol. The topological polar surface area (TPSA) is 55.1 Å². The van der Waals surface area contributed by atoms with E-state index >= 15 is 0 Å². The van der Waals surface area contributed by atoms with Crippen molar-refractivity contribution in [1.82, 2.24) is 5.32 Å². The van der Waals surface area contributed by atoms with Crippen molar-refractivity contribution >= 4 is 29.9 Å². The van der Waals surface area contributed by atoms with Gasteiger partial charge in [0.2, 0.25) is 5.91 Å². The Labute approximate surface area is 113 Å². The second-order valence-electron chi connectivity index (χ2n) is 3.81. The summed E-state index contributed by atoms with van der Waals surface area (Å²) in [6.45, 7) is 3.69. The van der Waals surface area contributed by atoms with Crippen LogP contribution < -0.4 is 11.1 Å². The molecule has 0 radical (unpaired) electrons. The second-order valence-corrected chi connectivity index (χ2v) is 4.25. The van der Waals surface area contributed by atoms with E-state index in [9.17, 15) is 4.79 Å². The van der Waals surface area contributed by atoms with Crippen LogP contribution in [0.25, 0.3) is 0 Å². The molecular formula is C12H18Cl2N2O. The number of halogens is 2. The van der Waals surface area contributed by atoms with Crippen molar-refractivity contribution in [3.05, 3.63) is 34.9 Å². The maximum absolute atomic E-state index is 11.5. The first kappa shape index (κ1) is 16.2. The van der Waals surface area contributed by atoms with Crippen molar-refractivity contribution in [2.45, 2.75) is 32.4 Å². The molecule has 96 valence electrons. The summed E-state index contributed by atoms with van der Waals surface area (Å²) in [5.74, 6) is -0.137. The minimum atomic E-state index is -0.485. The highest BCUT2D eigenvalue weighted by Crippen LogP contribution is 2.19. The van der Waals surface area contributed by atoms with Crippen molar-refractivity contribution in [1.29, 1.82) is 0 Å². The van der Waals surface area contributed by atoms with Gasteiger partial charge in [0.25, 0.3) is 0 Å². The number of carbonyl (C=O) groups is 1. The molecule has 2 atom stereocenters. The minimum Gasteiger partial charge on any atom is -0.348 e. The number of nitrogens with two attached hydrogens (primary N) is 1. The van der Waals surface area contributed by atoms with Crippen molar-refractivity contribution in [2.24, 2.45) is 5.73 Å². The van der Waals surface area contributed by atoms with Crippen molar-refractivity contribution in [3.63, 3.8) is 0 Å². The zero-order valence-corrected chi connectivity index (χ0v) is 11.5. The Morgan fingerprint density at radius 1 is 1.41 bits per heavy atom. The highest BCUT2D eigenvalue weighted by molar-refractivity contribution is 6.30. The molecule has 1 unspecified atom stereocenters. The van der Waals surface area contributed by atoms with E-state index in [0.29, 0.717) is 5.02 Å². The maximum Gasteiger partial charge on any atom is 0.237 e. The molecular weight excluding hydrogens is 259 g/mol. The van der Waals surface area contributed by atoms with E-state index in [1.807, 2.05) is 31.2 Å². The largest absolute Gasteiger partial charge is 0.348 e. The van der Waals surface area contributed by atoms with Gasteiger partial charge in [0.1, 0.15) is 0 Å². The van der Waals surface area contributed by atoms with Gasteiger partial charge in [-0.3, -0.25) is 4.79 Å². The monoisotopic (exact) mass is 276 g/mol. The Bertz CT molecular complexity index is 352. The Hall–Kier alpha value is -0.770. The number of rotatable bonds is 4. The molecule has 1 amide bonds.